The Morgan fingerprint density at radius 1 is 1.42 bits per heavy atom. The third-order valence-electron chi connectivity index (χ3n) is 3.69. The summed E-state index contributed by atoms with van der Waals surface area (Å²) in [4.78, 5) is 7.24. The Balaban J connectivity index is 1.67. The third-order valence-corrected chi connectivity index (χ3v) is 4.99. The Hall–Kier alpha value is -0.740. The number of nitrogens with zero attached hydrogens (tertiary/aromatic N) is 2. The van der Waals surface area contributed by atoms with Gasteiger partial charge < -0.3 is 10.2 Å². The minimum Gasteiger partial charge on any atom is -0.354 e. The van der Waals surface area contributed by atoms with Crippen LogP contribution in [0.4, 0.5) is 5.82 Å². The lowest BCUT2D eigenvalue weighted by atomic mass is 10.2. The number of hydrogen-bond donors (Lipinski definition) is 1. The number of aromatic nitrogens is 1. The van der Waals surface area contributed by atoms with E-state index in [4.69, 9.17) is 4.98 Å². The number of thioether (sulfide) groups is 1. The van der Waals surface area contributed by atoms with Crippen LogP contribution in [0.15, 0.2) is 18.2 Å². The van der Waals surface area contributed by atoms with Gasteiger partial charge in [-0.3, -0.25) is 0 Å². The van der Waals surface area contributed by atoms with E-state index in [9.17, 15) is 0 Å². The second-order valence-corrected chi connectivity index (χ2v) is 7.97. The predicted molar refractivity (Wildman–Crippen MR) is 82.8 cm³/mol. The molecular weight excluding hydrogens is 254 g/mol. The number of anilines is 1. The van der Waals surface area contributed by atoms with Crippen LogP contribution in [0.5, 0.6) is 0 Å². The Kier molecular flexibility index (Phi) is 3.72. The number of hydrogen-bond acceptors (Lipinski definition) is 4. The van der Waals surface area contributed by atoms with Gasteiger partial charge in [0.1, 0.15) is 5.82 Å². The first-order chi connectivity index (χ1) is 9.12. The van der Waals surface area contributed by atoms with Crippen molar-refractivity contribution in [3.05, 3.63) is 23.9 Å². The van der Waals surface area contributed by atoms with Crippen molar-refractivity contribution in [3.8, 4) is 0 Å². The zero-order valence-electron chi connectivity index (χ0n) is 11.9. The topological polar surface area (TPSA) is 28.2 Å². The Labute approximate surface area is 120 Å². The van der Waals surface area contributed by atoms with E-state index in [-0.39, 0.29) is 0 Å². The summed E-state index contributed by atoms with van der Waals surface area (Å²) in [5.74, 6) is 2.34. The van der Waals surface area contributed by atoms with Crippen molar-refractivity contribution in [1.29, 1.82) is 0 Å². The van der Waals surface area contributed by atoms with Gasteiger partial charge in [-0.05, 0) is 38.8 Å². The summed E-state index contributed by atoms with van der Waals surface area (Å²) < 4.78 is 0.336. The average molecular weight is 277 g/mol. The second-order valence-electron chi connectivity index (χ2n) is 6.17. The second kappa shape index (κ2) is 5.33. The van der Waals surface area contributed by atoms with E-state index in [1.54, 1.807) is 0 Å². The first-order valence-electron chi connectivity index (χ1n) is 7.21. The highest BCUT2D eigenvalue weighted by molar-refractivity contribution is 8.00. The number of rotatable bonds is 4. The molecule has 3 nitrogen and oxygen atoms in total. The van der Waals surface area contributed by atoms with Crippen LogP contribution in [0, 0.1) is 0 Å². The fraction of sp³-hybridized carbons (Fsp3) is 0.667. The summed E-state index contributed by atoms with van der Waals surface area (Å²) in [5.41, 5.74) is 1.17. The monoisotopic (exact) mass is 277 g/mol. The fourth-order valence-electron chi connectivity index (χ4n) is 2.49. The predicted octanol–water partition coefficient (Wildman–Crippen LogP) is 2.67. The fourth-order valence-corrected chi connectivity index (χ4v) is 3.60. The van der Waals surface area contributed by atoms with E-state index < -0.39 is 0 Å². The van der Waals surface area contributed by atoms with E-state index >= 15 is 0 Å². The largest absolute Gasteiger partial charge is 0.354 e. The molecule has 1 aliphatic heterocycles. The molecule has 1 saturated heterocycles. The smallest absolute Gasteiger partial charge is 0.128 e. The van der Waals surface area contributed by atoms with E-state index in [0.717, 1.165) is 31.5 Å². The SMILES string of the molecule is CC1(C)CN(c2cccc(CNC3CC3)n2)CCS1. The summed E-state index contributed by atoms with van der Waals surface area (Å²) in [7, 11) is 0. The average Bonchev–Trinajstić information content (AvgIpc) is 3.20. The van der Waals surface area contributed by atoms with Crippen LogP contribution in [0.25, 0.3) is 0 Å². The van der Waals surface area contributed by atoms with Gasteiger partial charge in [-0.2, -0.15) is 11.8 Å². The molecule has 4 heteroatoms. The molecule has 0 bridgehead atoms. The van der Waals surface area contributed by atoms with Gasteiger partial charge >= 0.3 is 0 Å². The van der Waals surface area contributed by atoms with Gasteiger partial charge in [-0.15, -0.1) is 0 Å². The summed E-state index contributed by atoms with van der Waals surface area (Å²) in [5, 5.41) is 3.53. The molecule has 2 aliphatic rings. The maximum atomic E-state index is 4.82. The standard InChI is InChI=1S/C15H23N3S/c1-15(2)11-18(8-9-19-15)14-5-3-4-13(17-14)10-16-12-6-7-12/h3-5,12,16H,6-11H2,1-2H3. The highest BCUT2D eigenvalue weighted by atomic mass is 32.2. The molecule has 19 heavy (non-hydrogen) atoms. The maximum absolute atomic E-state index is 4.82. The van der Waals surface area contributed by atoms with Crippen LogP contribution in [-0.4, -0.2) is 34.6 Å². The molecule has 0 atom stereocenters. The van der Waals surface area contributed by atoms with Crippen LogP contribution in [0.3, 0.4) is 0 Å². The van der Waals surface area contributed by atoms with Crippen molar-refractivity contribution in [2.75, 3.05) is 23.7 Å². The Morgan fingerprint density at radius 3 is 3.00 bits per heavy atom. The van der Waals surface area contributed by atoms with Crippen LogP contribution < -0.4 is 10.2 Å². The lowest BCUT2D eigenvalue weighted by Gasteiger charge is -2.38. The first-order valence-corrected chi connectivity index (χ1v) is 8.19. The van der Waals surface area contributed by atoms with E-state index in [1.165, 1.54) is 24.3 Å². The van der Waals surface area contributed by atoms with Crippen molar-refractivity contribution < 1.29 is 0 Å². The molecule has 0 amide bonds. The van der Waals surface area contributed by atoms with Crippen molar-refractivity contribution in [3.63, 3.8) is 0 Å². The first kappa shape index (κ1) is 13.3. The normalized spacial score (nSPS) is 22.5. The molecule has 1 aliphatic carbocycles. The molecule has 1 saturated carbocycles. The van der Waals surface area contributed by atoms with Gasteiger partial charge in [0.05, 0.1) is 5.69 Å². The molecule has 1 aromatic rings. The molecule has 0 unspecified atom stereocenters. The van der Waals surface area contributed by atoms with Crippen LogP contribution in [0.2, 0.25) is 0 Å². The van der Waals surface area contributed by atoms with Crippen molar-refractivity contribution in [2.24, 2.45) is 0 Å². The van der Waals surface area contributed by atoms with Crippen molar-refractivity contribution in [2.45, 2.75) is 44.0 Å². The summed E-state index contributed by atoms with van der Waals surface area (Å²) in [6.07, 6.45) is 2.66. The Morgan fingerprint density at radius 2 is 2.26 bits per heavy atom. The zero-order valence-corrected chi connectivity index (χ0v) is 12.7. The van der Waals surface area contributed by atoms with Gasteiger partial charge in [0.15, 0.2) is 0 Å². The van der Waals surface area contributed by atoms with E-state index in [1.807, 2.05) is 0 Å². The summed E-state index contributed by atoms with van der Waals surface area (Å²) >= 11 is 2.06. The minimum absolute atomic E-state index is 0.336. The molecule has 0 radical (unpaired) electrons. The maximum Gasteiger partial charge on any atom is 0.128 e. The van der Waals surface area contributed by atoms with Crippen LogP contribution in [-0.2, 0) is 6.54 Å². The van der Waals surface area contributed by atoms with Crippen LogP contribution in [0.1, 0.15) is 32.4 Å². The van der Waals surface area contributed by atoms with Crippen molar-refractivity contribution >= 4 is 17.6 Å². The number of nitrogens with one attached hydrogen (secondary N) is 1. The third kappa shape index (κ3) is 3.63. The highest BCUT2D eigenvalue weighted by Gasteiger charge is 2.27. The van der Waals surface area contributed by atoms with Gasteiger partial charge in [-0.1, -0.05) is 6.07 Å². The molecule has 1 aromatic heterocycles. The van der Waals surface area contributed by atoms with Gasteiger partial charge in [0.25, 0.3) is 0 Å². The van der Waals surface area contributed by atoms with Gasteiger partial charge in [0.2, 0.25) is 0 Å². The van der Waals surface area contributed by atoms with E-state index in [2.05, 4.69) is 54.0 Å². The molecule has 104 valence electrons. The molecule has 2 heterocycles. The lowest BCUT2D eigenvalue weighted by Crippen LogP contribution is -2.43. The van der Waals surface area contributed by atoms with Crippen LogP contribution >= 0.6 is 11.8 Å². The van der Waals surface area contributed by atoms with Crippen molar-refractivity contribution in [1.82, 2.24) is 10.3 Å². The molecule has 0 aromatic carbocycles. The lowest BCUT2D eigenvalue weighted by molar-refractivity contribution is 0.636. The number of pyridine rings is 1. The van der Waals surface area contributed by atoms with Gasteiger partial charge in [0, 0.05) is 36.2 Å². The summed E-state index contributed by atoms with van der Waals surface area (Å²) in [6.45, 7) is 7.75. The quantitative estimate of drug-likeness (QED) is 0.916. The molecule has 2 fully saturated rings. The molecule has 3 rings (SSSR count). The minimum atomic E-state index is 0.336. The zero-order chi connectivity index (χ0) is 13.3. The highest BCUT2D eigenvalue weighted by Crippen LogP contribution is 2.31. The molecule has 0 spiro atoms. The molecule has 1 N–H and O–H groups in total. The van der Waals surface area contributed by atoms with E-state index in [0.29, 0.717) is 4.75 Å². The van der Waals surface area contributed by atoms with Gasteiger partial charge in [-0.25, -0.2) is 4.98 Å². The Bertz CT molecular complexity index is 443. The summed E-state index contributed by atoms with van der Waals surface area (Å²) in [6, 6.07) is 7.16. The molecular formula is C15H23N3S.